The van der Waals surface area contributed by atoms with Crippen LogP contribution in [0, 0.1) is 3.57 Å². The van der Waals surface area contributed by atoms with Gasteiger partial charge in [-0.3, -0.25) is 9.59 Å². The number of benzene rings is 3. The topological polar surface area (TPSA) is 68.2 Å². The van der Waals surface area contributed by atoms with Crippen LogP contribution in [0.15, 0.2) is 41.5 Å². The molecule has 1 heterocycles. The lowest BCUT2D eigenvalue weighted by molar-refractivity contribution is 0.0616. The lowest BCUT2D eigenvalue weighted by atomic mass is 9.92. The molecule has 0 bridgehead atoms. The van der Waals surface area contributed by atoms with E-state index in [1.54, 1.807) is 13.2 Å². The lowest BCUT2D eigenvalue weighted by Crippen LogP contribution is -2.36. The van der Waals surface area contributed by atoms with Crippen molar-refractivity contribution in [2.45, 2.75) is 19.8 Å². The molecule has 5 rings (SSSR count). The van der Waals surface area contributed by atoms with Gasteiger partial charge in [-0.05, 0) is 88.7 Å². The largest absolute Gasteiger partial charge is 0.492 e. The molecule has 31 heavy (non-hydrogen) atoms. The SMILES string of the molecule is CCOc1cc(/C=N\N2C(=O)c3ccc4c5c(ccc(c35)C2=O)CC4)cc(I)c1OC. The van der Waals surface area contributed by atoms with E-state index in [2.05, 4.69) is 27.7 Å². The number of rotatable bonds is 5. The van der Waals surface area contributed by atoms with Gasteiger partial charge < -0.3 is 9.47 Å². The van der Waals surface area contributed by atoms with Crippen LogP contribution in [-0.2, 0) is 12.8 Å². The molecule has 0 radical (unpaired) electrons. The highest BCUT2D eigenvalue weighted by atomic mass is 127. The number of hydrazone groups is 1. The number of imide groups is 1. The van der Waals surface area contributed by atoms with Crippen molar-refractivity contribution in [2.24, 2.45) is 5.10 Å². The monoisotopic (exact) mass is 526 g/mol. The van der Waals surface area contributed by atoms with Crippen molar-refractivity contribution in [3.05, 3.63) is 67.8 Å². The summed E-state index contributed by atoms with van der Waals surface area (Å²) < 4.78 is 11.9. The minimum absolute atomic E-state index is 0.405. The van der Waals surface area contributed by atoms with Crippen LogP contribution in [0.5, 0.6) is 11.5 Å². The summed E-state index contributed by atoms with van der Waals surface area (Å²) in [6.45, 7) is 2.38. The molecule has 1 aliphatic carbocycles. The van der Waals surface area contributed by atoms with E-state index in [9.17, 15) is 9.59 Å². The Hall–Kier alpha value is -2.94. The molecule has 0 atom stereocenters. The highest BCUT2D eigenvalue weighted by Crippen LogP contribution is 2.38. The van der Waals surface area contributed by atoms with Crippen LogP contribution in [0.3, 0.4) is 0 Å². The van der Waals surface area contributed by atoms with Crippen molar-refractivity contribution < 1.29 is 19.1 Å². The van der Waals surface area contributed by atoms with Crippen LogP contribution in [-0.4, -0.2) is 36.8 Å². The van der Waals surface area contributed by atoms with Gasteiger partial charge in [0.2, 0.25) is 0 Å². The van der Waals surface area contributed by atoms with Gasteiger partial charge in [-0.1, -0.05) is 12.1 Å². The fourth-order valence-corrected chi connectivity index (χ4v) is 5.20. The summed E-state index contributed by atoms with van der Waals surface area (Å²) in [5.41, 5.74) is 4.14. The van der Waals surface area contributed by atoms with Crippen LogP contribution in [0.4, 0.5) is 0 Å². The quantitative estimate of drug-likeness (QED) is 0.278. The second-order valence-corrected chi connectivity index (χ2v) is 8.59. The molecular weight excluding hydrogens is 507 g/mol. The molecule has 3 aromatic carbocycles. The number of halogens is 1. The third kappa shape index (κ3) is 3.10. The molecule has 2 aliphatic rings. The lowest BCUT2D eigenvalue weighted by Gasteiger charge is -2.23. The molecule has 7 heteroatoms. The number of nitrogens with zero attached hydrogens (tertiary/aromatic N) is 2. The number of hydrogen-bond donors (Lipinski definition) is 0. The normalized spacial score (nSPS) is 14.7. The van der Waals surface area contributed by atoms with Crippen molar-refractivity contribution >= 4 is 51.4 Å². The number of ether oxygens (including phenoxy) is 2. The first-order valence-electron chi connectivity index (χ1n) is 10.0. The van der Waals surface area contributed by atoms with Crippen LogP contribution in [0.25, 0.3) is 10.8 Å². The van der Waals surface area contributed by atoms with Gasteiger partial charge in [0.05, 0.1) is 34.6 Å². The molecule has 156 valence electrons. The van der Waals surface area contributed by atoms with E-state index in [0.29, 0.717) is 34.8 Å². The molecule has 0 aromatic heterocycles. The highest BCUT2D eigenvalue weighted by molar-refractivity contribution is 14.1. The zero-order valence-corrected chi connectivity index (χ0v) is 19.2. The fourth-order valence-electron chi connectivity index (χ4n) is 4.36. The van der Waals surface area contributed by atoms with Crippen LogP contribution in [0.2, 0.25) is 0 Å². The number of aryl methyl sites for hydroxylation is 2. The third-order valence-corrected chi connectivity index (χ3v) is 6.50. The predicted octanol–water partition coefficient (Wildman–Crippen LogP) is 4.58. The van der Waals surface area contributed by atoms with Crippen molar-refractivity contribution in [1.82, 2.24) is 5.01 Å². The van der Waals surface area contributed by atoms with Gasteiger partial charge in [0.25, 0.3) is 11.8 Å². The Morgan fingerprint density at radius 2 is 1.68 bits per heavy atom. The minimum Gasteiger partial charge on any atom is -0.492 e. The Kier molecular flexibility index (Phi) is 4.92. The van der Waals surface area contributed by atoms with Crippen molar-refractivity contribution in [3.63, 3.8) is 0 Å². The number of methoxy groups -OCH3 is 1. The van der Waals surface area contributed by atoms with Gasteiger partial charge in [0.15, 0.2) is 11.5 Å². The molecule has 6 nitrogen and oxygen atoms in total. The first-order valence-corrected chi connectivity index (χ1v) is 11.1. The Morgan fingerprint density at radius 3 is 2.26 bits per heavy atom. The number of amides is 2. The van der Waals surface area contributed by atoms with Crippen LogP contribution >= 0.6 is 22.6 Å². The Balaban J connectivity index is 1.55. The number of carbonyl (C=O) groups is 2. The number of carbonyl (C=O) groups excluding carboxylic acids is 2. The number of hydrogen-bond acceptors (Lipinski definition) is 5. The van der Waals surface area contributed by atoms with Crippen molar-refractivity contribution in [3.8, 4) is 11.5 Å². The summed E-state index contributed by atoms with van der Waals surface area (Å²) in [5, 5.41) is 7.05. The molecule has 0 N–H and O–H groups in total. The highest BCUT2D eigenvalue weighted by Gasteiger charge is 2.35. The van der Waals surface area contributed by atoms with Crippen LogP contribution < -0.4 is 9.47 Å². The van der Waals surface area contributed by atoms with E-state index in [0.717, 1.165) is 32.2 Å². The standard InChI is InChI=1S/C24H19IN2O4/c1-3-31-19-11-13(10-18(25)22(19)30-2)12-26-27-23(28)16-8-6-14-4-5-15-7-9-17(24(27)29)21(16)20(14)15/h6-12H,3-5H2,1-2H3/b26-12-. The smallest absolute Gasteiger partial charge is 0.282 e. The molecule has 1 aliphatic heterocycles. The molecule has 0 saturated heterocycles. The molecule has 3 aromatic rings. The van der Waals surface area contributed by atoms with E-state index in [1.807, 2.05) is 37.3 Å². The van der Waals surface area contributed by atoms with E-state index >= 15 is 0 Å². The second kappa shape index (κ2) is 7.64. The summed E-state index contributed by atoms with van der Waals surface area (Å²) in [5.74, 6) is 0.417. The first-order chi connectivity index (χ1) is 15.0. The second-order valence-electron chi connectivity index (χ2n) is 7.43. The van der Waals surface area contributed by atoms with Gasteiger partial charge in [0.1, 0.15) is 0 Å². The van der Waals surface area contributed by atoms with E-state index in [-0.39, 0.29) is 0 Å². The summed E-state index contributed by atoms with van der Waals surface area (Å²) in [6, 6.07) is 11.3. The molecule has 0 saturated carbocycles. The van der Waals surface area contributed by atoms with Crippen molar-refractivity contribution in [1.29, 1.82) is 0 Å². The van der Waals surface area contributed by atoms with Gasteiger partial charge in [0, 0.05) is 5.39 Å². The van der Waals surface area contributed by atoms with E-state index < -0.39 is 11.8 Å². The molecule has 2 amide bonds. The minimum atomic E-state index is -0.405. The zero-order chi connectivity index (χ0) is 21.7. The van der Waals surface area contributed by atoms with Crippen LogP contribution in [0.1, 0.15) is 44.3 Å². The summed E-state index contributed by atoms with van der Waals surface area (Å²) in [7, 11) is 1.59. The van der Waals surface area contributed by atoms with Gasteiger partial charge in [-0.15, -0.1) is 0 Å². The Bertz CT molecular complexity index is 1240. The summed E-state index contributed by atoms with van der Waals surface area (Å²) in [6.07, 6.45) is 3.39. The van der Waals surface area contributed by atoms with E-state index in [4.69, 9.17) is 9.47 Å². The average molecular weight is 526 g/mol. The maximum absolute atomic E-state index is 13.2. The maximum atomic E-state index is 13.2. The van der Waals surface area contributed by atoms with Gasteiger partial charge in [-0.25, -0.2) is 0 Å². The molecule has 0 spiro atoms. The molecular formula is C24H19IN2O4. The zero-order valence-electron chi connectivity index (χ0n) is 17.1. The molecule has 0 fully saturated rings. The van der Waals surface area contributed by atoms with Crippen molar-refractivity contribution in [2.75, 3.05) is 13.7 Å². The van der Waals surface area contributed by atoms with Gasteiger partial charge >= 0.3 is 0 Å². The Labute approximate surface area is 193 Å². The summed E-state index contributed by atoms with van der Waals surface area (Å²) in [4.78, 5) is 26.3. The average Bonchev–Trinajstić information content (AvgIpc) is 3.18. The Morgan fingerprint density at radius 1 is 1.03 bits per heavy atom. The predicted molar refractivity (Wildman–Crippen MR) is 126 cm³/mol. The molecule has 0 unspecified atom stereocenters. The first kappa shape index (κ1) is 20.0. The van der Waals surface area contributed by atoms with Gasteiger partial charge in [-0.2, -0.15) is 10.1 Å². The summed E-state index contributed by atoms with van der Waals surface area (Å²) >= 11 is 2.16. The maximum Gasteiger partial charge on any atom is 0.282 e. The fraction of sp³-hybridized carbons (Fsp3) is 0.208. The van der Waals surface area contributed by atoms with E-state index in [1.165, 1.54) is 17.3 Å². The third-order valence-electron chi connectivity index (χ3n) is 5.70.